The fourth-order valence-corrected chi connectivity index (χ4v) is 5.35. The van der Waals surface area contributed by atoms with Crippen molar-refractivity contribution in [3.05, 3.63) is 35.9 Å². The maximum Gasteiger partial charge on any atom is 0.446 e. The maximum atomic E-state index is 12.1. The smallest absolute Gasteiger partial charge is 0.446 e. The van der Waals surface area contributed by atoms with E-state index in [4.69, 9.17) is 9.55 Å². The quantitative estimate of drug-likeness (QED) is 0.646. The van der Waals surface area contributed by atoms with Crippen LogP contribution in [0, 0.1) is 23.7 Å². The van der Waals surface area contributed by atoms with Crippen LogP contribution in [0.4, 0.5) is 0 Å². The zero-order valence-electron chi connectivity index (χ0n) is 14.5. The first-order valence-electron chi connectivity index (χ1n) is 9.02. The molecule has 1 saturated carbocycles. The summed E-state index contributed by atoms with van der Waals surface area (Å²) in [6.07, 6.45) is 7.76. The molecule has 140 valence electrons. The lowest BCUT2D eigenvalue weighted by atomic mass is 9.58. The van der Waals surface area contributed by atoms with Crippen molar-refractivity contribution in [3.8, 4) is 11.5 Å². The zero-order chi connectivity index (χ0) is 18.5. The lowest BCUT2D eigenvalue weighted by Gasteiger charge is -2.48. The van der Waals surface area contributed by atoms with Crippen molar-refractivity contribution in [2.75, 3.05) is 6.54 Å². The van der Waals surface area contributed by atoms with Crippen LogP contribution in [0.25, 0.3) is 0 Å². The normalized spacial score (nSPS) is 33.3. The van der Waals surface area contributed by atoms with E-state index in [1.807, 2.05) is 0 Å². The van der Waals surface area contributed by atoms with Crippen LogP contribution in [-0.4, -0.2) is 25.2 Å². The predicted octanol–water partition coefficient (Wildman–Crippen LogP) is 2.72. The monoisotopic (exact) mass is 376 g/mol. The van der Waals surface area contributed by atoms with E-state index in [1.165, 1.54) is 18.2 Å². The van der Waals surface area contributed by atoms with Crippen LogP contribution in [0.15, 0.2) is 35.3 Å². The van der Waals surface area contributed by atoms with Gasteiger partial charge in [-0.25, -0.2) is 0 Å². The first kappa shape index (κ1) is 17.5. The number of hydrogen-bond donors (Lipinski definition) is 1. The molecule has 2 aliphatic carbocycles. The van der Waals surface area contributed by atoms with Crippen molar-refractivity contribution < 1.29 is 22.3 Å². The average Bonchev–Trinajstić information content (AvgIpc) is 2.56. The van der Waals surface area contributed by atoms with E-state index in [-0.39, 0.29) is 17.4 Å². The standard InChI is InChI=1S/C19H23NO5S/c1-11-10-20-17-4-2-3-12-5-6-16(18(11)19(12)17)13-7-14(21)9-15(8-13)25-26(22,23)24/h5-9,11-12,16,18-19,21H,2-4,10H2,1H3,(H,22,23,24)/p-1/t11-,12+,16+,18-,19+/m0/s1. The van der Waals surface area contributed by atoms with Crippen molar-refractivity contribution >= 4 is 16.1 Å². The molecule has 0 unspecified atom stereocenters. The number of aliphatic imine (C=N–C) groups is 1. The number of nitrogens with zero attached hydrogens (tertiary/aromatic N) is 1. The molecule has 1 aliphatic heterocycles. The molecule has 0 bridgehead atoms. The van der Waals surface area contributed by atoms with E-state index < -0.39 is 10.4 Å². The predicted molar refractivity (Wildman–Crippen MR) is 95.7 cm³/mol. The molecule has 1 aromatic rings. The van der Waals surface area contributed by atoms with Crippen LogP contribution in [0.1, 0.15) is 37.7 Å². The van der Waals surface area contributed by atoms with Gasteiger partial charge in [0.2, 0.25) is 0 Å². The van der Waals surface area contributed by atoms with Crippen molar-refractivity contribution in [2.45, 2.75) is 32.1 Å². The van der Waals surface area contributed by atoms with Crippen molar-refractivity contribution in [2.24, 2.45) is 28.7 Å². The third-order valence-corrected chi connectivity index (χ3v) is 6.34. The van der Waals surface area contributed by atoms with E-state index in [2.05, 4.69) is 23.3 Å². The molecule has 3 aliphatic rings. The van der Waals surface area contributed by atoms with Crippen LogP contribution in [0.2, 0.25) is 0 Å². The van der Waals surface area contributed by atoms with E-state index in [1.54, 1.807) is 6.07 Å². The first-order chi connectivity index (χ1) is 12.3. The summed E-state index contributed by atoms with van der Waals surface area (Å²) in [6, 6.07) is 4.16. The van der Waals surface area contributed by atoms with Gasteiger partial charge in [-0.1, -0.05) is 25.1 Å². The Morgan fingerprint density at radius 2 is 2.08 bits per heavy atom. The Morgan fingerprint density at radius 3 is 2.85 bits per heavy atom. The van der Waals surface area contributed by atoms with Crippen molar-refractivity contribution in [1.82, 2.24) is 0 Å². The molecule has 0 saturated heterocycles. The highest BCUT2D eigenvalue weighted by Crippen LogP contribution is 2.50. The fraction of sp³-hybridized carbons (Fsp3) is 0.526. The third-order valence-electron chi connectivity index (χ3n) is 5.94. The summed E-state index contributed by atoms with van der Waals surface area (Å²) in [6.45, 7) is 2.98. The van der Waals surface area contributed by atoms with Gasteiger partial charge in [0.15, 0.2) is 0 Å². The number of allylic oxidation sites excluding steroid dienone is 2. The van der Waals surface area contributed by atoms with Crippen LogP contribution < -0.4 is 9.29 Å². The number of rotatable bonds is 3. The van der Waals surface area contributed by atoms with E-state index in [9.17, 15) is 13.5 Å². The zero-order valence-corrected chi connectivity index (χ0v) is 15.4. The molecule has 0 radical (unpaired) electrons. The number of benzene rings is 1. The first-order valence-corrected chi connectivity index (χ1v) is 10.4. The summed E-state index contributed by atoms with van der Waals surface area (Å²) in [7, 11) is -4.66. The van der Waals surface area contributed by atoms with E-state index in [0.717, 1.165) is 31.0 Å². The maximum absolute atomic E-state index is 12.1. The minimum atomic E-state index is -4.66. The molecule has 5 atom stereocenters. The van der Waals surface area contributed by atoms with E-state index >= 15 is 0 Å². The lowest BCUT2D eigenvalue weighted by molar-refractivity contribution is -0.268. The van der Waals surface area contributed by atoms with Crippen LogP contribution in [0.5, 0.6) is 11.5 Å². The third kappa shape index (κ3) is 3.25. The van der Waals surface area contributed by atoms with Crippen molar-refractivity contribution in [3.63, 3.8) is 0 Å². The second-order valence-corrected chi connectivity index (χ2v) is 8.65. The van der Waals surface area contributed by atoms with Gasteiger partial charge in [-0.2, -0.15) is 8.42 Å². The number of hydrogen-bond acceptors (Lipinski definition) is 5. The van der Waals surface area contributed by atoms with Crippen LogP contribution >= 0.6 is 0 Å². The SMILES string of the molecule is C[C@H]1CN=C2CCC[C@@H]3C=C[C@H](c4cc([O-])cc(OS(=O)(=O)O)c4)[C@H]1[C@@H]23. The highest BCUT2D eigenvalue weighted by atomic mass is 32.3. The van der Waals surface area contributed by atoms with E-state index in [0.29, 0.717) is 23.7 Å². The molecule has 6 nitrogen and oxygen atoms in total. The van der Waals surface area contributed by atoms with Crippen molar-refractivity contribution in [1.29, 1.82) is 0 Å². The lowest BCUT2D eigenvalue weighted by Crippen LogP contribution is -2.45. The second kappa shape index (κ2) is 6.39. The minimum Gasteiger partial charge on any atom is -0.872 e. The Bertz CT molecular complexity index is 876. The molecule has 1 aromatic carbocycles. The average molecular weight is 376 g/mol. The summed E-state index contributed by atoms with van der Waals surface area (Å²) >= 11 is 0. The molecule has 1 fully saturated rings. The van der Waals surface area contributed by atoms with Gasteiger partial charge in [0.05, 0.1) is 0 Å². The van der Waals surface area contributed by atoms with Crippen LogP contribution in [-0.2, 0) is 10.4 Å². The molecular formula is C19H22NO5S-. The highest BCUT2D eigenvalue weighted by molar-refractivity contribution is 7.81. The summed E-state index contributed by atoms with van der Waals surface area (Å²) in [5, 5.41) is 12.1. The van der Waals surface area contributed by atoms with Crippen LogP contribution in [0.3, 0.4) is 0 Å². The molecule has 26 heavy (non-hydrogen) atoms. The molecule has 1 heterocycles. The molecule has 0 amide bonds. The molecule has 0 aromatic heterocycles. The molecule has 1 N–H and O–H groups in total. The second-order valence-electron chi connectivity index (χ2n) is 7.63. The van der Waals surface area contributed by atoms with Gasteiger partial charge in [-0.15, -0.1) is 5.75 Å². The Labute approximate surface area is 153 Å². The summed E-state index contributed by atoms with van der Waals surface area (Å²) in [5.74, 6) is 1.12. The van der Waals surface area contributed by atoms with Gasteiger partial charge in [-0.3, -0.25) is 9.55 Å². The molecule has 7 heteroatoms. The Balaban J connectivity index is 1.75. The van der Waals surface area contributed by atoms with Gasteiger partial charge in [0.25, 0.3) is 0 Å². The van der Waals surface area contributed by atoms with Gasteiger partial charge in [0.1, 0.15) is 5.75 Å². The van der Waals surface area contributed by atoms with Gasteiger partial charge < -0.3 is 9.29 Å². The Morgan fingerprint density at radius 1 is 1.27 bits per heavy atom. The van der Waals surface area contributed by atoms with Gasteiger partial charge >= 0.3 is 10.4 Å². The summed E-state index contributed by atoms with van der Waals surface area (Å²) in [5.41, 5.74) is 2.03. The Kier molecular flexibility index (Phi) is 4.31. The van der Waals surface area contributed by atoms with Gasteiger partial charge in [-0.05, 0) is 54.7 Å². The largest absolute Gasteiger partial charge is 0.872 e. The minimum absolute atomic E-state index is 0.00694. The summed E-state index contributed by atoms with van der Waals surface area (Å²) < 4.78 is 35.5. The summed E-state index contributed by atoms with van der Waals surface area (Å²) in [4.78, 5) is 4.81. The molecule has 0 spiro atoms. The molecular weight excluding hydrogens is 354 g/mol. The van der Waals surface area contributed by atoms with Gasteiger partial charge in [0, 0.05) is 24.1 Å². The highest BCUT2D eigenvalue weighted by Gasteiger charge is 2.45. The fourth-order valence-electron chi connectivity index (χ4n) is 5.01. The Hall–Kier alpha value is -1.86. The molecule has 4 rings (SSSR count). The topological polar surface area (TPSA) is 99.0 Å².